The molecular weight excluding hydrogens is 383 g/mol. The Morgan fingerprint density at radius 1 is 1.22 bits per heavy atom. The number of hydrogen-bond acceptors (Lipinski definition) is 6. The Kier molecular flexibility index (Phi) is 4.61. The summed E-state index contributed by atoms with van der Waals surface area (Å²) in [6.45, 7) is 1.46. The number of fused-ring (bicyclic) bond motifs is 1. The van der Waals surface area contributed by atoms with Crippen LogP contribution in [-0.2, 0) is 22.4 Å². The topological polar surface area (TPSA) is 101 Å². The largest absolute Gasteiger partial charge is 0.435 e. The monoisotopic (exact) mass is 395 g/mol. The highest BCUT2D eigenvalue weighted by molar-refractivity contribution is 7.91. The number of rotatable bonds is 4. The van der Waals surface area contributed by atoms with Gasteiger partial charge in [0.15, 0.2) is 21.2 Å². The first kappa shape index (κ1) is 18.8. The average Bonchev–Trinajstić information content (AvgIpc) is 3.05. The van der Waals surface area contributed by atoms with Crippen LogP contribution < -0.4 is 0 Å². The normalized spacial score (nSPS) is 12.3. The van der Waals surface area contributed by atoms with Crippen LogP contribution in [0.1, 0.15) is 18.3 Å². The molecule has 3 aromatic heterocycles. The summed E-state index contributed by atoms with van der Waals surface area (Å²) in [5.41, 5.74) is -0.828. The lowest BCUT2D eigenvalue weighted by atomic mass is 10.2. The number of nitrogens with zero attached hydrogens (tertiary/aromatic N) is 5. The van der Waals surface area contributed by atoms with Crippen LogP contribution in [0, 0.1) is 11.3 Å². The van der Waals surface area contributed by atoms with E-state index in [2.05, 4.69) is 15.1 Å². The maximum atomic E-state index is 12.8. The van der Waals surface area contributed by atoms with Gasteiger partial charge in [-0.05, 0) is 18.2 Å². The Labute approximate surface area is 152 Å². The van der Waals surface area contributed by atoms with Crippen molar-refractivity contribution in [3.05, 3.63) is 41.9 Å². The molecule has 0 aliphatic rings. The van der Waals surface area contributed by atoms with E-state index in [0.29, 0.717) is 5.69 Å². The minimum atomic E-state index is -4.63. The van der Waals surface area contributed by atoms with Gasteiger partial charge in [0.1, 0.15) is 5.69 Å². The van der Waals surface area contributed by atoms with Crippen LogP contribution in [0.5, 0.6) is 0 Å². The standard InChI is InChI=1S/C16H12F3N5O2S/c1-2-27(25,26)12-4-3-10(5-7-20)21-15(12)11-6-8-24-14(22-11)9-13(23-24)16(17,18)19/h3-4,6,8-9H,2,5H2,1H3. The Morgan fingerprint density at radius 3 is 2.59 bits per heavy atom. The van der Waals surface area contributed by atoms with Crippen LogP contribution >= 0.6 is 0 Å². The van der Waals surface area contributed by atoms with E-state index in [1.54, 1.807) is 0 Å². The zero-order valence-electron chi connectivity index (χ0n) is 13.9. The summed E-state index contributed by atoms with van der Waals surface area (Å²) in [7, 11) is -3.67. The minimum Gasteiger partial charge on any atom is -0.249 e. The number of sulfone groups is 1. The third-order valence-corrected chi connectivity index (χ3v) is 5.51. The third-order valence-electron chi connectivity index (χ3n) is 3.75. The number of halogens is 3. The number of nitriles is 1. The second-order valence-corrected chi connectivity index (χ2v) is 7.78. The van der Waals surface area contributed by atoms with Gasteiger partial charge in [-0.15, -0.1) is 0 Å². The van der Waals surface area contributed by atoms with E-state index in [1.165, 1.54) is 31.3 Å². The van der Waals surface area contributed by atoms with E-state index < -0.39 is 21.7 Å². The van der Waals surface area contributed by atoms with Crippen molar-refractivity contribution in [3.8, 4) is 17.5 Å². The fourth-order valence-electron chi connectivity index (χ4n) is 2.41. The molecule has 0 amide bonds. The molecule has 0 aliphatic heterocycles. The summed E-state index contributed by atoms with van der Waals surface area (Å²) in [6.07, 6.45) is -3.43. The van der Waals surface area contributed by atoms with Crippen LogP contribution in [-0.4, -0.2) is 33.8 Å². The zero-order chi connectivity index (χ0) is 19.8. The molecule has 0 unspecified atom stereocenters. The smallest absolute Gasteiger partial charge is 0.249 e. The SMILES string of the molecule is CCS(=O)(=O)c1ccc(CC#N)nc1-c1ccn2nc(C(F)(F)F)cc2n1. The quantitative estimate of drug-likeness (QED) is 0.673. The fraction of sp³-hybridized carbons (Fsp3) is 0.250. The molecule has 0 saturated carbocycles. The molecule has 0 aromatic carbocycles. The lowest BCUT2D eigenvalue weighted by Crippen LogP contribution is -2.09. The summed E-state index contributed by atoms with van der Waals surface area (Å²) < 4.78 is 64.2. The van der Waals surface area contributed by atoms with Gasteiger partial charge >= 0.3 is 6.18 Å². The molecule has 0 aliphatic carbocycles. The van der Waals surface area contributed by atoms with E-state index in [4.69, 9.17) is 5.26 Å². The van der Waals surface area contributed by atoms with Gasteiger partial charge in [0.25, 0.3) is 0 Å². The Bertz CT molecular complexity index is 1160. The molecule has 3 heterocycles. The second kappa shape index (κ2) is 6.62. The number of hydrogen-bond donors (Lipinski definition) is 0. The van der Waals surface area contributed by atoms with Crippen molar-refractivity contribution in [2.45, 2.75) is 24.4 Å². The van der Waals surface area contributed by atoms with Crippen LogP contribution in [0.15, 0.2) is 35.4 Å². The fourth-order valence-corrected chi connectivity index (χ4v) is 3.44. The molecule has 0 N–H and O–H groups in total. The molecule has 27 heavy (non-hydrogen) atoms. The Morgan fingerprint density at radius 2 is 1.96 bits per heavy atom. The van der Waals surface area contributed by atoms with E-state index >= 15 is 0 Å². The van der Waals surface area contributed by atoms with Gasteiger partial charge < -0.3 is 0 Å². The Hall–Kier alpha value is -3.00. The molecule has 0 saturated heterocycles. The summed E-state index contributed by atoms with van der Waals surface area (Å²) >= 11 is 0. The first-order chi connectivity index (χ1) is 12.7. The van der Waals surface area contributed by atoms with Crippen molar-refractivity contribution in [2.75, 3.05) is 5.75 Å². The van der Waals surface area contributed by atoms with E-state index in [9.17, 15) is 21.6 Å². The van der Waals surface area contributed by atoms with Crippen molar-refractivity contribution in [1.82, 2.24) is 19.6 Å². The van der Waals surface area contributed by atoms with Crippen LogP contribution in [0.2, 0.25) is 0 Å². The highest BCUT2D eigenvalue weighted by atomic mass is 32.2. The van der Waals surface area contributed by atoms with Crippen LogP contribution in [0.3, 0.4) is 0 Å². The Balaban J connectivity index is 2.22. The summed E-state index contributed by atoms with van der Waals surface area (Å²) in [5.74, 6) is -0.188. The lowest BCUT2D eigenvalue weighted by molar-refractivity contribution is -0.141. The predicted molar refractivity (Wildman–Crippen MR) is 88.3 cm³/mol. The van der Waals surface area contributed by atoms with E-state index in [0.717, 1.165) is 10.6 Å². The maximum absolute atomic E-state index is 12.8. The number of alkyl halides is 3. The van der Waals surface area contributed by atoms with Crippen LogP contribution in [0.25, 0.3) is 17.0 Å². The summed E-state index contributed by atoms with van der Waals surface area (Å²) in [5, 5.41) is 12.2. The lowest BCUT2D eigenvalue weighted by Gasteiger charge is -2.09. The molecule has 0 atom stereocenters. The third kappa shape index (κ3) is 3.61. The highest BCUT2D eigenvalue weighted by Crippen LogP contribution is 2.30. The summed E-state index contributed by atoms with van der Waals surface area (Å²) in [6, 6.07) is 6.76. The van der Waals surface area contributed by atoms with Gasteiger partial charge in [0.2, 0.25) is 0 Å². The first-order valence-electron chi connectivity index (χ1n) is 7.69. The molecule has 0 spiro atoms. The van der Waals surface area contributed by atoms with Gasteiger partial charge in [0.05, 0.1) is 34.5 Å². The van der Waals surface area contributed by atoms with E-state index in [1.807, 2.05) is 6.07 Å². The summed E-state index contributed by atoms with van der Waals surface area (Å²) in [4.78, 5) is 8.18. The van der Waals surface area contributed by atoms with E-state index in [-0.39, 0.29) is 34.1 Å². The molecular formula is C16H12F3N5O2S. The molecule has 140 valence electrons. The molecule has 0 fully saturated rings. The van der Waals surface area contributed by atoms with Crippen molar-refractivity contribution in [3.63, 3.8) is 0 Å². The molecule has 3 rings (SSSR count). The molecule has 0 radical (unpaired) electrons. The van der Waals surface area contributed by atoms with Gasteiger partial charge in [-0.2, -0.15) is 23.5 Å². The van der Waals surface area contributed by atoms with Crippen molar-refractivity contribution >= 4 is 15.5 Å². The van der Waals surface area contributed by atoms with Gasteiger partial charge in [-0.1, -0.05) is 6.92 Å². The maximum Gasteiger partial charge on any atom is 0.435 e. The minimum absolute atomic E-state index is 0.0122. The average molecular weight is 395 g/mol. The van der Waals surface area contributed by atoms with Crippen LogP contribution in [0.4, 0.5) is 13.2 Å². The molecule has 0 bridgehead atoms. The van der Waals surface area contributed by atoms with Crippen molar-refractivity contribution < 1.29 is 21.6 Å². The second-order valence-electron chi connectivity index (χ2n) is 5.53. The molecule has 7 nitrogen and oxygen atoms in total. The first-order valence-corrected chi connectivity index (χ1v) is 9.34. The number of aromatic nitrogens is 4. The van der Waals surface area contributed by atoms with Gasteiger partial charge in [-0.3, -0.25) is 0 Å². The zero-order valence-corrected chi connectivity index (χ0v) is 14.7. The highest BCUT2D eigenvalue weighted by Gasteiger charge is 2.34. The van der Waals surface area contributed by atoms with Gasteiger partial charge in [-0.25, -0.2) is 22.9 Å². The predicted octanol–water partition coefficient (Wildman–Crippen LogP) is 2.67. The number of pyridine rings is 1. The molecule has 3 aromatic rings. The van der Waals surface area contributed by atoms with Gasteiger partial charge in [0, 0.05) is 12.3 Å². The van der Waals surface area contributed by atoms with Crippen molar-refractivity contribution in [1.29, 1.82) is 5.26 Å². The molecule has 11 heteroatoms. The van der Waals surface area contributed by atoms with Crippen molar-refractivity contribution in [2.24, 2.45) is 0 Å².